The van der Waals surface area contributed by atoms with Crippen molar-refractivity contribution in [3.05, 3.63) is 23.8 Å². The molecule has 0 unspecified atom stereocenters. The van der Waals surface area contributed by atoms with Crippen molar-refractivity contribution < 1.29 is 19.4 Å². The molecule has 2 amide bonds. The quantitative estimate of drug-likeness (QED) is 0.754. The van der Waals surface area contributed by atoms with Crippen LogP contribution in [-0.4, -0.2) is 30.3 Å². The van der Waals surface area contributed by atoms with Gasteiger partial charge in [0.25, 0.3) is 0 Å². The molecular formula is C12H13N3O4. The minimum Gasteiger partial charge on any atom is -0.495 e. The van der Waals surface area contributed by atoms with Gasteiger partial charge in [-0.3, -0.25) is 4.79 Å². The van der Waals surface area contributed by atoms with Crippen LogP contribution in [-0.2, 0) is 4.79 Å². The first-order valence-electron chi connectivity index (χ1n) is 5.37. The van der Waals surface area contributed by atoms with E-state index in [1.54, 1.807) is 12.1 Å². The Morgan fingerprint density at radius 3 is 2.68 bits per heavy atom. The molecule has 100 valence electrons. The number of rotatable bonds is 4. The lowest BCUT2D eigenvalue weighted by Crippen LogP contribution is -2.41. The third-order valence-corrected chi connectivity index (χ3v) is 2.32. The molecule has 7 nitrogen and oxygen atoms in total. The van der Waals surface area contributed by atoms with Gasteiger partial charge in [0.15, 0.2) is 0 Å². The molecule has 19 heavy (non-hydrogen) atoms. The van der Waals surface area contributed by atoms with E-state index in [-0.39, 0.29) is 11.3 Å². The number of carbonyl (C=O) groups excluding carboxylic acids is 1. The van der Waals surface area contributed by atoms with Gasteiger partial charge in [-0.25, -0.2) is 4.79 Å². The number of nitriles is 1. The number of carboxylic acids is 1. The highest BCUT2D eigenvalue weighted by atomic mass is 16.5. The number of carbonyl (C=O) groups is 2. The average molecular weight is 263 g/mol. The smallest absolute Gasteiger partial charge is 0.325 e. The summed E-state index contributed by atoms with van der Waals surface area (Å²) in [5.41, 5.74) is 0.417. The zero-order chi connectivity index (χ0) is 14.4. The number of urea groups is 1. The van der Waals surface area contributed by atoms with Crippen LogP contribution >= 0.6 is 0 Å². The maximum atomic E-state index is 11.6. The van der Waals surface area contributed by atoms with Crippen molar-refractivity contribution in [2.75, 3.05) is 12.4 Å². The fourth-order valence-electron chi connectivity index (χ4n) is 1.33. The Hall–Kier alpha value is -2.75. The van der Waals surface area contributed by atoms with Gasteiger partial charge in [0, 0.05) is 0 Å². The maximum Gasteiger partial charge on any atom is 0.325 e. The largest absolute Gasteiger partial charge is 0.495 e. The molecular weight excluding hydrogens is 250 g/mol. The van der Waals surface area contributed by atoms with E-state index >= 15 is 0 Å². The van der Waals surface area contributed by atoms with E-state index in [0.29, 0.717) is 5.75 Å². The normalized spacial score (nSPS) is 11.0. The minimum absolute atomic E-state index is 0.197. The predicted octanol–water partition coefficient (Wildman–Crippen LogP) is 1.16. The highest BCUT2D eigenvalue weighted by Gasteiger charge is 2.16. The molecule has 7 heteroatoms. The van der Waals surface area contributed by atoms with Crippen molar-refractivity contribution in [2.45, 2.75) is 13.0 Å². The third kappa shape index (κ3) is 3.61. The highest BCUT2D eigenvalue weighted by Crippen LogP contribution is 2.27. The molecule has 0 aliphatic carbocycles. The van der Waals surface area contributed by atoms with E-state index in [1.165, 1.54) is 20.1 Å². The van der Waals surface area contributed by atoms with Gasteiger partial charge in [0.05, 0.1) is 12.7 Å². The monoisotopic (exact) mass is 263 g/mol. The Kier molecular flexibility index (Phi) is 4.71. The van der Waals surface area contributed by atoms with Gasteiger partial charge in [-0.1, -0.05) is 6.07 Å². The summed E-state index contributed by atoms with van der Waals surface area (Å²) in [6.07, 6.45) is 0. The van der Waals surface area contributed by atoms with Crippen molar-refractivity contribution in [1.29, 1.82) is 5.26 Å². The first-order valence-corrected chi connectivity index (χ1v) is 5.37. The average Bonchev–Trinajstić information content (AvgIpc) is 2.38. The number of para-hydroxylation sites is 1. The van der Waals surface area contributed by atoms with Crippen LogP contribution in [0.15, 0.2) is 18.2 Å². The van der Waals surface area contributed by atoms with Crippen LogP contribution in [0.2, 0.25) is 0 Å². The molecule has 0 bridgehead atoms. The minimum atomic E-state index is -1.16. The van der Waals surface area contributed by atoms with Crippen molar-refractivity contribution in [2.24, 2.45) is 0 Å². The van der Waals surface area contributed by atoms with Gasteiger partial charge >= 0.3 is 12.0 Å². The fraction of sp³-hybridized carbons (Fsp3) is 0.250. The Morgan fingerprint density at radius 1 is 1.47 bits per heavy atom. The van der Waals surface area contributed by atoms with Gasteiger partial charge in [-0.2, -0.15) is 5.26 Å². The van der Waals surface area contributed by atoms with Crippen LogP contribution in [0.5, 0.6) is 5.75 Å². The van der Waals surface area contributed by atoms with Gasteiger partial charge in [0.1, 0.15) is 23.5 Å². The molecule has 1 aromatic rings. The summed E-state index contributed by atoms with van der Waals surface area (Å²) >= 11 is 0. The Labute approximate surface area is 109 Å². The summed E-state index contributed by atoms with van der Waals surface area (Å²) in [4.78, 5) is 22.2. The molecule has 1 rings (SSSR count). The second-order valence-corrected chi connectivity index (χ2v) is 3.65. The van der Waals surface area contributed by atoms with E-state index in [0.717, 1.165) is 0 Å². The van der Waals surface area contributed by atoms with E-state index < -0.39 is 18.0 Å². The van der Waals surface area contributed by atoms with Crippen LogP contribution in [0.4, 0.5) is 10.5 Å². The molecule has 0 spiro atoms. The number of amides is 2. The van der Waals surface area contributed by atoms with Gasteiger partial charge < -0.3 is 20.5 Å². The fourth-order valence-corrected chi connectivity index (χ4v) is 1.33. The number of hydrogen-bond donors (Lipinski definition) is 3. The zero-order valence-corrected chi connectivity index (χ0v) is 10.4. The molecule has 1 atom stereocenters. The number of carboxylic acid groups (broad SMARTS) is 1. The molecule has 0 heterocycles. The molecule has 3 N–H and O–H groups in total. The number of hydrogen-bond acceptors (Lipinski definition) is 4. The molecule has 0 radical (unpaired) electrons. The molecule has 1 aromatic carbocycles. The number of nitrogens with one attached hydrogen (secondary N) is 2. The van der Waals surface area contributed by atoms with Crippen LogP contribution in [0.1, 0.15) is 12.5 Å². The lowest BCUT2D eigenvalue weighted by molar-refractivity contribution is -0.138. The number of ether oxygens (including phenoxy) is 1. The Morgan fingerprint density at radius 2 is 2.16 bits per heavy atom. The summed E-state index contributed by atoms with van der Waals surface area (Å²) in [7, 11) is 1.40. The number of aliphatic carboxylic acids is 1. The lowest BCUT2D eigenvalue weighted by Gasteiger charge is -2.14. The second-order valence-electron chi connectivity index (χ2n) is 3.65. The van der Waals surface area contributed by atoms with Gasteiger partial charge in [0.2, 0.25) is 0 Å². The third-order valence-electron chi connectivity index (χ3n) is 2.32. The maximum absolute atomic E-state index is 11.6. The van der Waals surface area contributed by atoms with E-state index in [2.05, 4.69) is 10.6 Å². The number of methoxy groups -OCH3 is 1. The molecule has 0 aromatic heterocycles. The molecule has 0 saturated carbocycles. The topological polar surface area (TPSA) is 111 Å². The Balaban J connectivity index is 2.90. The SMILES string of the molecule is COc1cccc(C#N)c1NC(=O)N[C@@H](C)C(=O)O. The Bertz CT molecular complexity index is 536. The van der Waals surface area contributed by atoms with Crippen molar-refractivity contribution in [1.82, 2.24) is 5.32 Å². The molecule has 0 saturated heterocycles. The van der Waals surface area contributed by atoms with E-state index in [1.807, 2.05) is 6.07 Å². The van der Waals surface area contributed by atoms with Crippen molar-refractivity contribution in [3.8, 4) is 11.8 Å². The van der Waals surface area contributed by atoms with Gasteiger partial charge in [-0.15, -0.1) is 0 Å². The summed E-state index contributed by atoms with van der Waals surface area (Å²) in [6.45, 7) is 1.33. The van der Waals surface area contributed by atoms with Crippen LogP contribution in [0.3, 0.4) is 0 Å². The predicted molar refractivity (Wildman–Crippen MR) is 67.0 cm³/mol. The first kappa shape index (κ1) is 14.3. The summed E-state index contributed by atoms with van der Waals surface area (Å²) < 4.78 is 5.03. The molecule has 0 aliphatic rings. The zero-order valence-electron chi connectivity index (χ0n) is 10.4. The number of benzene rings is 1. The standard InChI is InChI=1S/C12H13N3O4/c1-7(11(16)17)14-12(18)15-10-8(6-13)4-3-5-9(10)19-2/h3-5,7H,1-2H3,(H,16,17)(H2,14,15,18)/t7-/m0/s1. The summed E-state index contributed by atoms with van der Waals surface area (Å²) in [6, 6.07) is 4.85. The molecule has 0 aliphatic heterocycles. The van der Waals surface area contributed by atoms with Crippen molar-refractivity contribution >= 4 is 17.7 Å². The highest BCUT2D eigenvalue weighted by molar-refractivity contribution is 5.94. The number of anilines is 1. The second kappa shape index (κ2) is 6.26. The van der Waals surface area contributed by atoms with E-state index in [9.17, 15) is 9.59 Å². The first-order chi connectivity index (χ1) is 8.99. The number of nitrogens with zero attached hydrogens (tertiary/aromatic N) is 1. The summed E-state index contributed by atoms with van der Waals surface area (Å²) in [5.74, 6) is -0.840. The van der Waals surface area contributed by atoms with E-state index in [4.69, 9.17) is 15.1 Å². The van der Waals surface area contributed by atoms with Crippen LogP contribution in [0, 0.1) is 11.3 Å². The molecule has 0 fully saturated rings. The van der Waals surface area contributed by atoms with Crippen LogP contribution < -0.4 is 15.4 Å². The lowest BCUT2D eigenvalue weighted by atomic mass is 10.2. The van der Waals surface area contributed by atoms with Crippen LogP contribution in [0.25, 0.3) is 0 Å². The summed E-state index contributed by atoms with van der Waals surface area (Å²) in [5, 5.41) is 22.3. The van der Waals surface area contributed by atoms with Crippen molar-refractivity contribution in [3.63, 3.8) is 0 Å². The van der Waals surface area contributed by atoms with Gasteiger partial charge in [-0.05, 0) is 19.1 Å².